The molecule has 1 N–H and O–H groups in total. The number of ether oxygens (including phenoxy) is 1. The summed E-state index contributed by atoms with van der Waals surface area (Å²) in [7, 11) is -3.94. The van der Waals surface area contributed by atoms with Crippen LogP contribution in [0.15, 0.2) is 74.8 Å². The van der Waals surface area contributed by atoms with Gasteiger partial charge in [0.2, 0.25) is 27.0 Å². The van der Waals surface area contributed by atoms with Crippen molar-refractivity contribution in [3.8, 4) is 5.75 Å². The van der Waals surface area contributed by atoms with Crippen molar-refractivity contribution < 1.29 is 22.4 Å². The second-order valence-electron chi connectivity index (χ2n) is 5.92. The maximum absolute atomic E-state index is 12.4. The summed E-state index contributed by atoms with van der Waals surface area (Å²) in [4.78, 5) is 23.6. The highest BCUT2D eigenvalue weighted by atomic mass is 35.5. The number of sulfonamides is 1. The second kappa shape index (κ2) is 9.04. The van der Waals surface area contributed by atoms with Gasteiger partial charge >= 0.3 is 0 Å². The zero-order chi connectivity index (χ0) is 20.9. The van der Waals surface area contributed by atoms with Crippen molar-refractivity contribution in [3.05, 3.63) is 93.0 Å². The minimum Gasteiger partial charge on any atom is -0.481 e. The van der Waals surface area contributed by atoms with Crippen LogP contribution < -0.4 is 14.9 Å². The van der Waals surface area contributed by atoms with Crippen LogP contribution in [-0.2, 0) is 23.2 Å². The lowest BCUT2D eigenvalue weighted by molar-refractivity contribution is 0.108. The lowest BCUT2D eigenvalue weighted by Crippen LogP contribution is -2.24. The predicted octanol–water partition coefficient (Wildman–Crippen LogP) is 3.16. The van der Waals surface area contributed by atoms with Crippen molar-refractivity contribution in [1.29, 1.82) is 0 Å². The first-order valence-corrected chi connectivity index (χ1v) is 10.3. The molecule has 2 aromatic carbocycles. The molecule has 3 rings (SSSR count). The summed E-state index contributed by atoms with van der Waals surface area (Å²) in [6.45, 7) is -0.270. The molecule has 150 valence electrons. The van der Waals surface area contributed by atoms with Crippen molar-refractivity contribution in [2.45, 2.75) is 18.0 Å². The van der Waals surface area contributed by atoms with E-state index in [-0.39, 0.29) is 40.3 Å². The Bertz CT molecular complexity index is 1180. The summed E-state index contributed by atoms with van der Waals surface area (Å²) in [5.41, 5.74) is 0.210. The highest BCUT2D eigenvalue weighted by Gasteiger charge is 2.19. The third-order valence-corrected chi connectivity index (χ3v) is 5.78. The summed E-state index contributed by atoms with van der Waals surface area (Å²) < 4.78 is 37.8. The fourth-order valence-corrected chi connectivity index (χ4v) is 4.00. The normalized spacial score (nSPS) is 11.2. The van der Waals surface area contributed by atoms with Crippen molar-refractivity contribution in [1.82, 2.24) is 4.72 Å². The van der Waals surface area contributed by atoms with Crippen LogP contribution >= 0.6 is 11.6 Å². The quantitative estimate of drug-likeness (QED) is 0.547. The number of benzene rings is 2. The Labute approximate surface area is 171 Å². The third-order valence-electron chi connectivity index (χ3n) is 3.88. The summed E-state index contributed by atoms with van der Waals surface area (Å²) >= 11 is 5.91. The molecule has 0 unspecified atom stereocenters. The molecule has 0 saturated carbocycles. The Hall–Kier alpha value is -2.94. The van der Waals surface area contributed by atoms with Crippen molar-refractivity contribution in [2.75, 3.05) is 0 Å². The molecule has 0 aliphatic carbocycles. The molecule has 0 aliphatic rings. The summed E-state index contributed by atoms with van der Waals surface area (Å²) in [6, 6.07) is 16.1. The molecule has 1 aromatic heterocycles. The Kier molecular flexibility index (Phi) is 6.48. The van der Waals surface area contributed by atoms with Crippen LogP contribution in [0.5, 0.6) is 5.75 Å². The van der Waals surface area contributed by atoms with Gasteiger partial charge in [-0.3, -0.25) is 9.59 Å². The molecule has 0 bridgehead atoms. The molecule has 0 aliphatic heterocycles. The molecular formula is C20H16ClNO6S. The molecule has 29 heavy (non-hydrogen) atoms. The largest absolute Gasteiger partial charge is 0.481 e. The van der Waals surface area contributed by atoms with Gasteiger partial charge in [-0.15, -0.1) is 0 Å². The van der Waals surface area contributed by atoms with E-state index < -0.39 is 15.5 Å². The lowest BCUT2D eigenvalue weighted by atomic mass is 10.2. The van der Waals surface area contributed by atoms with E-state index in [1.165, 1.54) is 18.2 Å². The number of halogens is 1. The minimum atomic E-state index is -3.94. The Morgan fingerprint density at radius 1 is 1.07 bits per heavy atom. The van der Waals surface area contributed by atoms with Crippen LogP contribution in [-0.4, -0.2) is 14.7 Å². The molecular weight excluding hydrogens is 418 g/mol. The van der Waals surface area contributed by atoms with Crippen LogP contribution in [0, 0.1) is 0 Å². The van der Waals surface area contributed by atoms with Crippen LogP contribution in [0.2, 0.25) is 5.02 Å². The maximum Gasteiger partial charge on any atom is 0.242 e. The number of rotatable bonds is 8. The summed E-state index contributed by atoms with van der Waals surface area (Å²) in [6.07, 6.45) is 0.341. The highest BCUT2D eigenvalue weighted by Crippen LogP contribution is 2.21. The molecule has 0 fully saturated rings. The maximum atomic E-state index is 12.4. The van der Waals surface area contributed by atoms with E-state index in [1.807, 2.05) is 18.2 Å². The Balaban J connectivity index is 1.77. The van der Waals surface area contributed by atoms with Gasteiger partial charge in [-0.25, -0.2) is 13.1 Å². The minimum absolute atomic E-state index is 0.0419. The average Bonchev–Trinajstić information content (AvgIpc) is 2.72. The Morgan fingerprint density at radius 3 is 2.45 bits per heavy atom. The number of nitrogens with one attached hydrogen (secondary N) is 1. The second-order valence-corrected chi connectivity index (χ2v) is 8.06. The number of hydrogen-bond donors (Lipinski definition) is 1. The molecule has 0 spiro atoms. The van der Waals surface area contributed by atoms with Crippen LogP contribution in [0.25, 0.3) is 0 Å². The van der Waals surface area contributed by atoms with E-state index in [0.29, 0.717) is 6.29 Å². The molecule has 7 nitrogen and oxygen atoms in total. The molecule has 0 saturated heterocycles. The van der Waals surface area contributed by atoms with E-state index in [9.17, 15) is 18.0 Å². The van der Waals surface area contributed by atoms with Crippen molar-refractivity contribution in [2.24, 2.45) is 0 Å². The van der Waals surface area contributed by atoms with Crippen molar-refractivity contribution >= 4 is 27.9 Å². The number of carbonyl (C=O) groups is 1. The van der Waals surface area contributed by atoms with E-state index in [0.717, 1.165) is 11.6 Å². The van der Waals surface area contributed by atoms with Gasteiger partial charge in [0.1, 0.15) is 17.3 Å². The first-order chi connectivity index (χ1) is 13.9. The van der Waals surface area contributed by atoms with E-state index in [1.54, 1.807) is 18.2 Å². The summed E-state index contributed by atoms with van der Waals surface area (Å²) in [5.74, 6) is -0.596. The molecule has 9 heteroatoms. The van der Waals surface area contributed by atoms with Crippen LogP contribution in [0.3, 0.4) is 0 Å². The van der Waals surface area contributed by atoms with Gasteiger partial charge in [-0.05, 0) is 17.7 Å². The zero-order valence-corrected chi connectivity index (χ0v) is 16.6. The van der Waals surface area contributed by atoms with Gasteiger partial charge in [0, 0.05) is 6.07 Å². The molecule has 0 radical (unpaired) electrons. The zero-order valence-electron chi connectivity index (χ0n) is 15.0. The third kappa shape index (κ3) is 5.11. The summed E-state index contributed by atoms with van der Waals surface area (Å²) in [5, 5.41) is 0.0553. The van der Waals surface area contributed by atoms with Gasteiger partial charge < -0.3 is 9.15 Å². The van der Waals surface area contributed by atoms with Gasteiger partial charge in [0.05, 0.1) is 11.6 Å². The van der Waals surface area contributed by atoms with Gasteiger partial charge in [0.15, 0.2) is 6.29 Å². The smallest absolute Gasteiger partial charge is 0.242 e. The van der Waals surface area contributed by atoms with Gasteiger partial charge in [-0.1, -0.05) is 54.1 Å². The molecule has 0 amide bonds. The SMILES string of the molecule is O=Cc1oc(CNS(=O)(=O)c2ccccc2Cl)cc(=O)c1OCc1ccccc1. The van der Waals surface area contributed by atoms with E-state index in [4.69, 9.17) is 20.8 Å². The predicted molar refractivity (Wildman–Crippen MR) is 107 cm³/mol. The standard InChI is InChI=1S/C20H16ClNO6S/c21-16-8-4-5-9-19(16)29(25,26)22-11-15-10-17(24)20(18(12-23)28-15)27-13-14-6-2-1-3-7-14/h1-10,12,22H,11,13H2. The number of hydrogen-bond acceptors (Lipinski definition) is 6. The van der Waals surface area contributed by atoms with Gasteiger partial charge in [0.25, 0.3) is 0 Å². The molecule has 0 atom stereocenters. The van der Waals surface area contributed by atoms with Gasteiger partial charge in [-0.2, -0.15) is 0 Å². The Morgan fingerprint density at radius 2 is 1.76 bits per heavy atom. The highest BCUT2D eigenvalue weighted by molar-refractivity contribution is 7.89. The van der Waals surface area contributed by atoms with E-state index in [2.05, 4.69) is 4.72 Å². The van der Waals surface area contributed by atoms with Crippen molar-refractivity contribution in [3.63, 3.8) is 0 Å². The van der Waals surface area contributed by atoms with Crippen LogP contribution in [0.4, 0.5) is 0 Å². The lowest BCUT2D eigenvalue weighted by Gasteiger charge is -2.10. The fourth-order valence-electron chi connectivity index (χ4n) is 2.49. The topological polar surface area (TPSA) is 103 Å². The monoisotopic (exact) mass is 433 g/mol. The average molecular weight is 434 g/mol. The first kappa shape index (κ1) is 20.8. The molecule has 3 aromatic rings. The first-order valence-electron chi connectivity index (χ1n) is 8.44. The van der Waals surface area contributed by atoms with Crippen LogP contribution in [0.1, 0.15) is 21.9 Å². The fraction of sp³-hybridized carbons (Fsp3) is 0.100. The number of carbonyl (C=O) groups excluding carboxylic acids is 1. The molecule has 1 heterocycles. The van der Waals surface area contributed by atoms with E-state index >= 15 is 0 Å². The number of aldehydes is 1.